The molecule has 6 rings (SSSR count). The summed E-state index contributed by atoms with van der Waals surface area (Å²) in [6.45, 7) is 4.12. The molecule has 0 spiro atoms. The zero-order valence-electron chi connectivity index (χ0n) is 20.8. The average molecular weight is 517 g/mol. The fraction of sp³-hybridized carbons (Fsp3) is 0.308. The molecule has 1 saturated carbocycles. The second kappa shape index (κ2) is 9.05. The number of benzene rings is 1. The first-order valence-corrected chi connectivity index (χ1v) is 12.3. The van der Waals surface area contributed by atoms with Crippen molar-refractivity contribution in [1.82, 2.24) is 34.2 Å². The Kier molecular flexibility index (Phi) is 5.66. The Hall–Kier alpha value is -4.61. The van der Waals surface area contributed by atoms with E-state index in [1.807, 2.05) is 18.4 Å². The Balaban J connectivity index is 1.35. The van der Waals surface area contributed by atoms with Gasteiger partial charge in [0.05, 0.1) is 42.1 Å². The zero-order valence-corrected chi connectivity index (χ0v) is 20.8. The standard InChI is InChI=1S/C26H25FN8O3/c1-14(2)34-13-29-32-24(34)19-4-3-5-22(30-19)31-25(36)17-9-20-16(8-18(17)27)10-33(26(37)38)11-21-23(15-6-7-15)28-12-35(20)21/h3-5,8-9,12-15H,6-7,10-11H2,1-2H3,(H,37,38)(H,30,31,36). The van der Waals surface area contributed by atoms with Crippen molar-refractivity contribution in [1.29, 1.82) is 0 Å². The number of anilines is 1. The van der Waals surface area contributed by atoms with Crippen molar-refractivity contribution in [2.75, 3.05) is 5.32 Å². The third-order valence-corrected chi connectivity index (χ3v) is 6.86. The minimum atomic E-state index is -1.10. The van der Waals surface area contributed by atoms with Gasteiger partial charge in [0.2, 0.25) is 0 Å². The van der Waals surface area contributed by atoms with Gasteiger partial charge in [0.15, 0.2) is 5.82 Å². The molecule has 0 bridgehead atoms. The van der Waals surface area contributed by atoms with Crippen LogP contribution in [0.1, 0.15) is 66.0 Å². The third kappa shape index (κ3) is 4.17. The molecule has 12 heteroatoms. The van der Waals surface area contributed by atoms with Crippen molar-refractivity contribution >= 4 is 17.8 Å². The molecule has 1 aliphatic heterocycles. The fourth-order valence-corrected chi connectivity index (χ4v) is 4.77. The van der Waals surface area contributed by atoms with E-state index in [-0.39, 0.29) is 30.5 Å². The van der Waals surface area contributed by atoms with Crippen LogP contribution in [-0.4, -0.2) is 51.3 Å². The molecule has 0 saturated heterocycles. The Morgan fingerprint density at radius 1 is 1.16 bits per heavy atom. The van der Waals surface area contributed by atoms with Gasteiger partial charge < -0.3 is 19.6 Å². The lowest BCUT2D eigenvalue weighted by atomic mass is 10.1. The first kappa shape index (κ1) is 23.8. The van der Waals surface area contributed by atoms with Gasteiger partial charge in [-0.1, -0.05) is 6.07 Å². The number of hydrogen-bond acceptors (Lipinski definition) is 6. The summed E-state index contributed by atoms with van der Waals surface area (Å²) in [4.78, 5) is 35.4. The van der Waals surface area contributed by atoms with E-state index in [0.29, 0.717) is 28.7 Å². The SMILES string of the molecule is CC(C)n1cnnc1-c1cccc(NC(=O)c2cc3c(cc2F)CN(C(=O)O)Cc2c(C4CC4)ncn2-3)n1. The number of pyridine rings is 1. The van der Waals surface area contributed by atoms with Crippen LogP contribution < -0.4 is 5.32 Å². The van der Waals surface area contributed by atoms with Crippen LogP contribution in [0.3, 0.4) is 0 Å². The van der Waals surface area contributed by atoms with Crippen molar-refractivity contribution in [3.05, 3.63) is 71.3 Å². The average Bonchev–Trinajstić information content (AvgIpc) is 3.49. The van der Waals surface area contributed by atoms with Crippen molar-refractivity contribution in [3.63, 3.8) is 0 Å². The highest BCUT2D eigenvalue weighted by Gasteiger charge is 2.34. The highest BCUT2D eigenvalue weighted by molar-refractivity contribution is 6.04. The molecule has 11 nitrogen and oxygen atoms in total. The highest BCUT2D eigenvalue weighted by atomic mass is 19.1. The lowest BCUT2D eigenvalue weighted by molar-refractivity contribution is 0.102. The van der Waals surface area contributed by atoms with Crippen molar-refractivity contribution in [2.24, 2.45) is 0 Å². The van der Waals surface area contributed by atoms with E-state index >= 15 is 4.39 Å². The minimum Gasteiger partial charge on any atom is -0.465 e. The van der Waals surface area contributed by atoms with Crippen LogP contribution in [0.5, 0.6) is 0 Å². The molecule has 2 amide bonds. The first-order valence-electron chi connectivity index (χ1n) is 12.3. The van der Waals surface area contributed by atoms with Crippen molar-refractivity contribution in [3.8, 4) is 17.2 Å². The van der Waals surface area contributed by atoms with E-state index in [4.69, 9.17) is 0 Å². The first-order chi connectivity index (χ1) is 18.3. The van der Waals surface area contributed by atoms with Gasteiger partial charge in [0, 0.05) is 12.0 Å². The van der Waals surface area contributed by atoms with Gasteiger partial charge in [0.25, 0.3) is 5.91 Å². The van der Waals surface area contributed by atoms with Crippen LogP contribution in [0.4, 0.5) is 15.0 Å². The fourth-order valence-electron chi connectivity index (χ4n) is 4.77. The molecule has 38 heavy (non-hydrogen) atoms. The Bertz CT molecular complexity index is 1570. The van der Waals surface area contributed by atoms with Crippen LogP contribution in [0, 0.1) is 5.82 Å². The second-order valence-electron chi connectivity index (χ2n) is 9.84. The van der Waals surface area contributed by atoms with Gasteiger partial charge >= 0.3 is 6.09 Å². The molecular formula is C26H25FN8O3. The maximum Gasteiger partial charge on any atom is 0.407 e. The summed E-state index contributed by atoms with van der Waals surface area (Å²) in [6.07, 6.45) is 4.14. The van der Waals surface area contributed by atoms with Crippen LogP contribution in [0.15, 0.2) is 43.0 Å². The number of hydrogen-bond donors (Lipinski definition) is 2. The summed E-state index contributed by atoms with van der Waals surface area (Å²) >= 11 is 0. The lowest BCUT2D eigenvalue weighted by Crippen LogP contribution is -2.28. The molecule has 4 aromatic rings. The molecule has 2 N–H and O–H groups in total. The molecule has 3 aromatic heterocycles. The van der Waals surface area contributed by atoms with E-state index in [1.54, 1.807) is 35.4 Å². The quantitative estimate of drug-likeness (QED) is 0.403. The van der Waals surface area contributed by atoms with Gasteiger partial charge in [-0.2, -0.15) is 0 Å². The number of aromatic nitrogens is 6. The molecule has 4 heterocycles. The number of fused-ring (bicyclic) bond motifs is 3. The Morgan fingerprint density at radius 2 is 1.97 bits per heavy atom. The summed E-state index contributed by atoms with van der Waals surface area (Å²) in [5.41, 5.74) is 2.91. The van der Waals surface area contributed by atoms with Gasteiger partial charge in [-0.3, -0.25) is 9.69 Å². The van der Waals surface area contributed by atoms with Gasteiger partial charge in [-0.05, 0) is 56.5 Å². The molecule has 1 aromatic carbocycles. The number of nitrogens with one attached hydrogen (secondary N) is 1. The summed E-state index contributed by atoms with van der Waals surface area (Å²) in [6, 6.07) is 7.88. The maximum atomic E-state index is 15.3. The highest BCUT2D eigenvalue weighted by Crippen LogP contribution is 2.42. The second-order valence-corrected chi connectivity index (χ2v) is 9.84. The Morgan fingerprint density at radius 3 is 2.71 bits per heavy atom. The number of amides is 2. The minimum absolute atomic E-state index is 0.00456. The number of imidazole rings is 1. The van der Waals surface area contributed by atoms with E-state index in [0.717, 1.165) is 24.2 Å². The van der Waals surface area contributed by atoms with Crippen LogP contribution in [0.2, 0.25) is 0 Å². The topological polar surface area (TPSA) is 131 Å². The molecule has 2 aliphatic rings. The van der Waals surface area contributed by atoms with E-state index in [2.05, 4.69) is 25.5 Å². The van der Waals surface area contributed by atoms with Crippen LogP contribution >= 0.6 is 0 Å². The van der Waals surface area contributed by atoms with E-state index < -0.39 is 17.8 Å². The van der Waals surface area contributed by atoms with Gasteiger partial charge in [0.1, 0.15) is 23.7 Å². The number of rotatable bonds is 5. The number of carbonyl (C=O) groups is 2. The summed E-state index contributed by atoms with van der Waals surface area (Å²) in [5, 5.41) is 20.5. The largest absolute Gasteiger partial charge is 0.465 e. The van der Waals surface area contributed by atoms with Crippen molar-refractivity contribution in [2.45, 2.75) is 51.7 Å². The number of halogens is 1. The normalized spacial score (nSPS) is 14.7. The molecule has 1 aliphatic carbocycles. The maximum absolute atomic E-state index is 15.3. The summed E-state index contributed by atoms with van der Waals surface area (Å²) < 4.78 is 18.9. The smallest absolute Gasteiger partial charge is 0.407 e. The molecule has 0 unspecified atom stereocenters. The van der Waals surface area contributed by atoms with Crippen LogP contribution in [0.25, 0.3) is 17.2 Å². The van der Waals surface area contributed by atoms with Crippen molar-refractivity contribution < 1.29 is 19.1 Å². The predicted molar refractivity (Wildman–Crippen MR) is 134 cm³/mol. The number of carboxylic acid groups (broad SMARTS) is 1. The molecular weight excluding hydrogens is 491 g/mol. The summed E-state index contributed by atoms with van der Waals surface area (Å²) in [7, 11) is 0. The predicted octanol–water partition coefficient (Wildman–Crippen LogP) is 4.37. The molecule has 0 radical (unpaired) electrons. The number of nitrogens with zero attached hydrogens (tertiary/aromatic N) is 7. The number of carbonyl (C=O) groups excluding carboxylic acids is 1. The molecule has 1 fully saturated rings. The zero-order chi connectivity index (χ0) is 26.6. The van der Waals surface area contributed by atoms with Gasteiger partial charge in [-0.25, -0.2) is 19.2 Å². The summed E-state index contributed by atoms with van der Waals surface area (Å²) in [5.74, 6) is -0.352. The van der Waals surface area contributed by atoms with Gasteiger partial charge in [-0.15, -0.1) is 10.2 Å². The molecule has 0 atom stereocenters. The lowest BCUT2D eigenvalue weighted by Gasteiger charge is -2.17. The van der Waals surface area contributed by atoms with Crippen LogP contribution in [-0.2, 0) is 13.1 Å². The monoisotopic (exact) mass is 516 g/mol. The molecule has 194 valence electrons. The third-order valence-electron chi connectivity index (χ3n) is 6.86. The van der Waals surface area contributed by atoms with E-state index in [1.165, 1.54) is 17.0 Å². The Labute approximate surface area is 217 Å². The van der Waals surface area contributed by atoms with E-state index in [9.17, 15) is 14.7 Å².